The number of hydrogen-bond donors (Lipinski definition) is 0. The molecule has 0 saturated heterocycles. The molecule has 3 rings (SSSR count). The first kappa shape index (κ1) is 15.7. The van der Waals surface area contributed by atoms with Gasteiger partial charge in [-0.2, -0.15) is 11.3 Å². The lowest BCUT2D eigenvalue weighted by atomic mass is 9.89. The Hall–Kier alpha value is -2.14. The van der Waals surface area contributed by atoms with Crippen LogP contribution in [-0.2, 0) is 20.7 Å². The van der Waals surface area contributed by atoms with E-state index in [0.717, 1.165) is 17.7 Å². The van der Waals surface area contributed by atoms with E-state index >= 15 is 0 Å². The van der Waals surface area contributed by atoms with Crippen molar-refractivity contribution in [2.75, 3.05) is 18.6 Å². The number of esters is 1. The second kappa shape index (κ2) is 6.96. The van der Waals surface area contributed by atoms with Gasteiger partial charge in [-0.3, -0.25) is 9.59 Å². The maximum Gasteiger partial charge on any atom is 0.313 e. The molecule has 5 heteroatoms. The van der Waals surface area contributed by atoms with E-state index in [0.29, 0.717) is 19.4 Å². The highest BCUT2D eigenvalue weighted by molar-refractivity contribution is 7.07. The van der Waals surface area contributed by atoms with Gasteiger partial charge in [0.1, 0.15) is 0 Å². The van der Waals surface area contributed by atoms with Crippen LogP contribution in [0.5, 0.6) is 0 Å². The van der Waals surface area contributed by atoms with Gasteiger partial charge in [-0.1, -0.05) is 18.2 Å². The van der Waals surface area contributed by atoms with E-state index < -0.39 is 0 Å². The molecule has 0 saturated carbocycles. The molecule has 1 atom stereocenters. The number of ether oxygens (including phenoxy) is 1. The minimum absolute atomic E-state index is 0.104. The van der Waals surface area contributed by atoms with E-state index in [1.165, 1.54) is 12.7 Å². The number of methoxy groups -OCH3 is 1. The van der Waals surface area contributed by atoms with E-state index in [1.807, 2.05) is 29.6 Å². The molecule has 0 bridgehead atoms. The summed E-state index contributed by atoms with van der Waals surface area (Å²) in [5, 5.41) is 4.10. The third-order valence-electron chi connectivity index (χ3n) is 4.24. The average Bonchev–Trinajstić information content (AvgIpc) is 3.11. The maximum atomic E-state index is 12.6. The van der Waals surface area contributed by atoms with Gasteiger partial charge >= 0.3 is 5.97 Å². The number of nitrogens with zero attached hydrogens (tertiary/aromatic N) is 1. The predicted molar refractivity (Wildman–Crippen MR) is 90.8 cm³/mol. The van der Waals surface area contributed by atoms with Gasteiger partial charge in [-0.25, -0.2) is 0 Å². The summed E-state index contributed by atoms with van der Waals surface area (Å²) in [4.78, 5) is 26.4. The van der Waals surface area contributed by atoms with Crippen LogP contribution in [0, 0.1) is 0 Å². The normalized spacial score (nSPS) is 16.7. The third-order valence-corrected chi connectivity index (χ3v) is 4.97. The van der Waals surface area contributed by atoms with Crippen molar-refractivity contribution in [3.8, 4) is 0 Å². The monoisotopic (exact) mass is 329 g/mol. The Kier molecular flexibility index (Phi) is 4.76. The Morgan fingerprint density at radius 1 is 1.30 bits per heavy atom. The molecule has 0 fully saturated rings. The quantitative estimate of drug-likeness (QED) is 0.808. The number of thiophene rings is 1. The molecule has 1 amide bonds. The third kappa shape index (κ3) is 3.29. The van der Waals surface area contributed by atoms with Crippen molar-refractivity contribution in [2.45, 2.75) is 25.2 Å². The number of aryl methyl sites for hydroxylation is 1. The molecule has 2 aromatic rings. The van der Waals surface area contributed by atoms with Gasteiger partial charge < -0.3 is 9.64 Å². The van der Waals surface area contributed by atoms with E-state index in [9.17, 15) is 9.59 Å². The van der Waals surface area contributed by atoms with Gasteiger partial charge in [0.05, 0.1) is 13.0 Å². The van der Waals surface area contributed by atoms with Crippen LogP contribution < -0.4 is 4.90 Å². The predicted octanol–water partition coefficient (Wildman–Crippen LogP) is 3.37. The van der Waals surface area contributed by atoms with Gasteiger partial charge in [-0.15, -0.1) is 0 Å². The number of hydrogen-bond acceptors (Lipinski definition) is 4. The van der Waals surface area contributed by atoms with Crippen molar-refractivity contribution in [1.29, 1.82) is 0 Å². The summed E-state index contributed by atoms with van der Waals surface area (Å²) in [5.74, 6) is -0.410. The van der Waals surface area contributed by atoms with E-state index in [2.05, 4.69) is 11.4 Å². The Morgan fingerprint density at radius 3 is 2.87 bits per heavy atom. The fourth-order valence-electron chi connectivity index (χ4n) is 3.03. The Labute approximate surface area is 139 Å². The molecular formula is C18H19NO3S. The van der Waals surface area contributed by atoms with E-state index in [1.54, 1.807) is 16.2 Å². The van der Waals surface area contributed by atoms with Crippen molar-refractivity contribution in [3.05, 3.63) is 52.2 Å². The van der Waals surface area contributed by atoms with E-state index in [-0.39, 0.29) is 17.8 Å². The smallest absolute Gasteiger partial charge is 0.313 e. The highest BCUT2D eigenvalue weighted by Crippen LogP contribution is 2.36. The molecule has 1 aliphatic rings. The van der Waals surface area contributed by atoms with E-state index in [4.69, 9.17) is 4.74 Å². The summed E-state index contributed by atoms with van der Waals surface area (Å²) in [6, 6.07) is 9.67. The minimum Gasteiger partial charge on any atom is -0.469 e. The number of anilines is 1. The number of carbonyl (C=O) groups excluding carboxylic acids is 2. The van der Waals surface area contributed by atoms with Crippen LogP contribution in [0.2, 0.25) is 0 Å². The van der Waals surface area contributed by atoms with Crippen LogP contribution in [0.3, 0.4) is 0 Å². The number of carbonyl (C=O) groups is 2. The molecule has 0 N–H and O–H groups in total. The molecular weight excluding hydrogens is 310 g/mol. The lowest BCUT2D eigenvalue weighted by Crippen LogP contribution is -2.38. The van der Waals surface area contributed by atoms with Crippen LogP contribution in [0.15, 0.2) is 41.1 Å². The van der Waals surface area contributed by atoms with Crippen molar-refractivity contribution in [1.82, 2.24) is 0 Å². The van der Waals surface area contributed by atoms with Crippen molar-refractivity contribution in [3.63, 3.8) is 0 Å². The Bertz CT molecular complexity index is 696. The first-order valence-electron chi connectivity index (χ1n) is 7.69. The standard InChI is InChI=1S/C18H19NO3S/c1-22-18(21)15-8-10-19(16-5-3-2-4-14(15)16)17(20)7-6-13-9-11-23-12-13/h2-5,9,11-12,15H,6-8,10H2,1H3/t15-/m0/s1. The largest absolute Gasteiger partial charge is 0.469 e. The summed E-state index contributed by atoms with van der Waals surface area (Å²) in [6.07, 6.45) is 1.84. The molecule has 0 spiro atoms. The Balaban J connectivity index is 1.78. The summed E-state index contributed by atoms with van der Waals surface area (Å²) in [6.45, 7) is 0.555. The minimum atomic E-state index is -0.280. The first-order chi connectivity index (χ1) is 11.2. The lowest BCUT2D eigenvalue weighted by Gasteiger charge is -2.33. The number of amides is 1. The number of para-hydroxylation sites is 1. The summed E-state index contributed by atoms with van der Waals surface area (Å²) in [5.41, 5.74) is 2.92. The van der Waals surface area contributed by atoms with Crippen molar-refractivity contribution in [2.24, 2.45) is 0 Å². The van der Waals surface area contributed by atoms with Gasteiger partial charge in [0.2, 0.25) is 5.91 Å². The van der Waals surface area contributed by atoms with Gasteiger partial charge in [0.15, 0.2) is 0 Å². The number of fused-ring (bicyclic) bond motifs is 1. The van der Waals surface area contributed by atoms with Crippen LogP contribution in [0.25, 0.3) is 0 Å². The van der Waals surface area contributed by atoms with Crippen LogP contribution in [0.4, 0.5) is 5.69 Å². The van der Waals surface area contributed by atoms with Crippen LogP contribution in [-0.4, -0.2) is 25.5 Å². The highest BCUT2D eigenvalue weighted by atomic mass is 32.1. The Morgan fingerprint density at radius 2 is 2.13 bits per heavy atom. The lowest BCUT2D eigenvalue weighted by molar-refractivity contribution is -0.142. The summed E-state index contributed by atoms with van der Waals surface area (Å²) in [7, 11) is 1.41. The fraction of sp³-hybridized carbons (Fsp3) is 0.333. The zero-order valence-electron chi connectivity index (χ0n) is 13.0. The average molecular weight is 329 g/mol. The topological polar surface area (TPSA) is 46.6 Å². The second-order valence-corrected chi connectivity index (χ2v) is 6.38. The molecule has 0 unspecified atom stereocenters. The van der Waals surface area contributed by atoms with Crippen LogP contribution >= 0.6 is 11.3 Å². The molecule has 23 heavy (non-hydrogen) atoms. The fourth-order valence-corrected chi connectivity index (χ4v) is 3.73. The molecule has 0 radical (unpaired) electrons. The molecule has 120 valence electrons. The number of rotatable bonds is 4. The highest BCUT2D eigenvalue weighted by Gasteiger charge is 2.32. The molecule has 1 aromatic carbocycles. The van der Waals surface area contributed by atoms with Gasteiger partial charge in [0, 0.05) is 18.7 Å². The second-order valence-electron chi connectivity index (χ2n) is 5.60. The molecule has 1 aromatic heterocycles. The van der Waals surface area contributed by atoms with Crippen molar-refractivity contribution < 1.29 is 14.3 Å². The van der Waals surface area contributed by atoms with Gasteiger partial charge in [0.25, 0.3) is 0 Å². The maximum absolute atomic E-state index is 12.6. The zero-order chi connectivity index (χ0) is 16.2. The first-order valence-corrected chi connectivity index (χ1v) is 8.63. The molecule has 1 aliphatic heterocycles. The zero-order valence-corrected chi connectivity index (χ0v) is 13.8. The molecule has 4 nitrogen and oxygen atoms in total. The summed E-state index contributed by atoms with van der Waals surface area (Å²) < 4.78 is 4.90. The summed E-state index contributed by atoms with van der Waals surface area (Å²) >= 11 is 1.65. The number of benzene rings is 1. The van der Waals surface area contributed by atoms with Crippen molar-refractivity contribution >= 4 is 28.9 Å². The van der Waals surface area contributed by atoms with Gasteiger partial charge in [-0.05, 0) is 46.9 Å². The van der Waals surface area contributed by atoms with Crippen LogP contribution in [0.1, 0.15) is 29.9 Å². The molecule has 0 aliphatic carbocycles. The molecule has 2 heterocycles. The SMILES string of the molecule is COC(=O)[C@H]1CCN(C(=O)CCc2ccsc2)c2ccccc21.